The summed E-state index contributed by atoms with van der Waals surface area (Å²) in [6.45, 7) is 4.64. The van der Waals surface area contributed by atoms with Gasteiger partial charge in [-0.05, 0) is 31.1 Å². The van der Waals surface area contributed by atoms with E-state index in [9.17, 15) is 0 Å². The highest BCUT2D eigenvalue weighted by molar-refractivity contribution is 6.32. The van der Waals surface area contributed by atoms with E-state index < -0.39 is 0 Å². The van der Waals surface area contributed by atoms with Crippen LogP contribution in [0.5, 0.6) is 0 Å². The summed E-state index contributed by atoms with van der Waals surface area (Å²) in [6, 6.07) is 0.441. The number of anilines is 2. The Balaban J connectivity index is 2.00. The number of aromatic nitrogens is 2. The predicted molar refractivity (Wildman–Crippen MR) is 71.1 cm³/mol. The second kappa shape index (κ2) is 4.69. The van der Waals surface area contributed by atoms with Crippen LogP contribution in [0.1, 0.15) is 39.5 Å². The van der Waals surface area contributed by atoms with Gasteiger partial charge >= 0.3 is 0 Å². The molecule has 0 spiro atoms. The van der Waals surface area contributed by atoms with Crippen molar-refractivity contribution in [2.24, 2.45) is 5.41 Å². The molecule has 1 aliphatic carbocycles. The third-order valence-electron chi connectivity index (χ3n) is 3.52. The minimum absolute atomic E-state index is 0.318. The number of nitrogens with zero attached hydrogens (tertiary/aromatic N) is 2. The summed E-state index contributed by atoms with van der Waals surface area (Å²) >= 11 is 5.86. The van der Waals surface area contributed by atoms with Crippen molar-refractivity contribution < 1.29 is 0 Å². The molecule has 1 aromatic rings. The maximum Gasteiger partial charge on any atom is 0.157 e. The van der Waals surface area contributed by atoms with E-state index in [1.807, 2.05) is 0 Å². The number of nitrogens with one attached hydrogen (secondary N) is 1. The molecule has 17 heavy (non-hydrogen) atoms. The monoisotopic (exact) mass is 254 g/mol. The molecular weight excluding hydrogens is 236 g/mol. The lowest BCUT2D eigenvalue weighted by molar-refractivity contribution is 0.232. The molecule has 2 rings (SSSR count). The van der Waals surface area contributed by atoms with Gasteiger partial charge in [-0.25, -0.2) is 9.97 Å². The maximum atomic E-state index is 5.86. The van der Waals surface area contributed by atoms with Crippen molar-refractivity contribution in [3.8, 4) is 0 Å². The second-order valence-electron chi connectivity index (χ2n) is 5.51. The Morgan fingerprint density at radius 3 is 2.65 bits per heavy atom. The number of halogens is 1. The van der Waals surface area contributed by atoms with Gasteiger partial charge in [0.2, 0.25) is 0 Å². The average Bonchev–Trinajstić information content (AvgIpc) is 2.27. The molecule has 1 saturated carbocycles. The van der Waals surface area contributed by atoms with Gasteiger partial charge in [0, 0.05) is 6.04 Å². The molecule has 0 aliphatic heterocycles. The van der Waals surface area contributed by atoms with Crippen LogP contribution in [-0.4, -0.2) is 16.0 Å². The summed E-state index contributed by atoms with van der Waals surface area (Å²) in [5.74, 6) is 0.662. The van der Waals surface area contributed by atoms with Crippen LogP contribution in [0, 0.1) is 5.41 Å². The Bertz CT molecular complexity index is 395. The smallest absolute Gasteiger partial charge is 0.157 e. The highest BCUT2D eigenvalue weighted by Crippen LogP contribution is 2.36. The van der Waals surface area contributed by atoms with Gasteiger partial charge < -0.3 is 11.1 Å². The zero-order chi connectivity index (χ0) is 12.5. The first kappa shape index (κ1) is 12.4. The van der Waals surface area contributed by atoms with E-state index in [4.69, 9.17) is 17.3 Å². The number of hydrogen-bond acceptors (Lipinski definition) is 4. The lowest BCUT2D eigenvalue weighted by Gasteiger charge is -2.34. The number of nitrogen functional groups attached to an aromatic ring is 1. The van der Waals surface area contributed by atoms with Crippen LogP contribution in [0.2, 0.25) is 5.15 Å². The molecule has 1 heterocycles. The molecule has 5 heteroatoms. The van der Waals surface area contributed by atoms with E-state index in [1.54, 1.807) is 0 Å². The van der Waals surface area contributed by atoms with Crippen LogP contribution < -0.4 is 11.1 Å². The fraction of sp³-hybridized carbons (Fsp3) is 0.667. The fourth-order valence-corrected chi connectivity index (χ4v) is 2.36. The second-order valence-corrected chi connectivity index (χ2v) is 5.87. The van der Waals surface area contributed by atoms with Crippen molar-refractivity contribution in [3.63, 3.8) is 0 Å². The van der Waals surface area contributed by atoms with Crippen molar-refractivity contribution >= 4 is 23.1 Å². The third-order valence-corrected chi connectivity index (χ3v) is 3.82. The van der Waals surface area contributed by atoms with E-state index in [-0.39, 0.29) is 0 Å². The molecule has 1 fully saturated rings. The molecule has 0 saturated heterocycles. The summed E-state index contributed by atoms with van der Waals surface area (Å²) in [5, 5.41) is 3.69. The quantitative estimate of drug-likeness (QED) is 0.796. The van der Waals surface area contributed by atoms with E-state index in [0.717, 1.165) is 12.8 Å². The first-order chi connectivity index (χ1) is 7.98. The lowest BCUT2D eigenvalue weighted by Crippen LogP contribution is -2.30. The van der Waals surface area contributed by atoms with Crippen LogP contribution in [0.25, 0.3) is 0 Å². The van der Waals surface area contributed by atoms with Gasteiger partial charge in [-0.15, -0.1) is 0 Å². The molecule has 0 bridgehead atoms. The fourth-order valence-electron chi connectivity index (χ4n) is 2.23. The van der Waals surface area contributed by atoms with E-state index in [2.05, 4.69) is 29.1 Å². The molecule has 1 aliphatic rings. The first-order valence-corrected chi connectivity index (χ1v) is 6.38. The summed E-state index contributed by atoms with van der Waals surface area (Å²) in [4.78, 5) is 7.98. The normalized spacial score (nSPS) is 20.2. The molecule has 0 radical (unpaired) electrons. The Kier molecular flexibility index (Phi) is 3.43. The minimum atomic E-state index is 0.318. The summed E-state index contributed by atoms with van der Waals surface area (Å²) < 4.78 is 0. The van der Waals surface area contributed by atoms with Gasteiger partial charge in [0.1, 0.15) is 12.0 Å². The number of hydrogen-bond donors (Lipinski definition) is 2. The highest BCUT2D eigenvalue weighted by Gasteiger charge is 2.27. The van der Waals surface area contributed by atoms with Gasteiger partial charge in [-0.2, -0.15) is 0 Å². The van der Waals surface area contributed by atoms with E-state index in [0.29, 0.717) is 28.1 Å². The van der Waals surface area contributed by atoms with Crippen molar-refractivity contribution in [1.82, 2.24) is 9.97 Å². The van der Waals surface area contributed by atoms with Crippen molar-refractivity contribution in [2.75, 3.05) is 11.1 Å². The summed E-state index contributed by atoms with van der Waals surface area (Å²) in [6.07, 6.45) is 6.18. The Labute approximate surface area is 107 Å². The van der Waals surface area contributed by atoms with Gasteiger partial charge in [-0.1, -0.05) is 25.4 Å². The van der Waals surface area contributed by atoms with Crippen molar-refractivity contribution in [3.05, 3.63) is 11.5 Å². The molecule has 0 unspecified atom stereocenters. The molecule has 1 aromatic heterocycles. The highest BCUT2D eigenvalue weighted by atomic mass is 35.5. The third kappa shape index (κ3) is 3.00. The standard InChI is InChI=1S/C12H19ClN4/c1-12(2)5-3-8(4-6-12)17-11-9(14)10(13)15-7-16-11/h7-8H,3-6,14H2,1-2H3,(H,15,16,17). The Hall–Kier alpha value is -1.03. The Morgan fingerprint density at radius 2 is 2.00 bits per heavy atom. The van der Waals surface area contributed by atoms with Crippen LogP contribution in [-0.2, 0) is 0 Å². The van der Waals surface area contributed by atoms with Gasteiger partial charge in [-0.3, -0.25) is 0 Å². The van der Waals surface area contributed by atoms with Crippen LogP contribution >= 0.6 is 11.6 Å². The lowest BCUT2D eigenvalue weighted by atomic mass is 9.75. The molecule has 0 aromatic carbocycles. The zero-order valence-electron chi connectivity index (χ0n) is 10.3. The molecule has 0 atom stereocenters. The van der Waals surface area contributed by atoms with Crippen LogP contribution in [0.4, 0.5) is 11.5 Å². The van der Waals surface area contributed by atoms with Gasteiger partial charge in [0.25, 0.3) is 0 Å². The summed E-state index contributed by atoms with van der Waals surface area (Å²) in [5.41, 5.74) is 6.74. The summed E-state index contributed by atoms with van der Waals surface area (Å²) in [7, 11) is 0. The van der Waals surface area contributed by atoms with E-state index >= 15 is 0 Å². The molecular formula is C12H19ClN4. The minimum Gasteiger partial charge on any atom is -0.393 e. The number of nitrogens with two attached hydrogens (primary N) is 1. The van der Waals surface area contributed by atoms with Crippen molar-refractivity contribution in [2.45, 2.75) is 45.6 Å². The predicted octanol–water partition coefficient (Wildman–Crippen LogP) is 3.09. The van der Waals surface area contributed by atoms with Crippen LogP contribution in [0.3, 0.4) is 0 Å². The van der Waals surface area contributed by atoms with Gasteiger partial charge in [0.05, 0.1) is 0 Å². The molecule has 3 N–H and O–H groups in total. The van der Waals surface area contributed by atoms with Crippen LogP contribution in [0.15, 0.2) is 6.33 Å². The SMILES string of the molecule is CC1(C)CCC(Nc2ncnc(Cl)c2N)CC1. The number of rotatable bonds is 2. The molecule has 0 amide bonds. The molecule has 94 valence electrons. The average molecular weight is 255 g/mol. The zero-order valence-corrected chi connectivity index (χ0v) is 11.1. The Morgan fingerprint density at radius 1 is 1.35 bits per heavy atom. The van der Waals surface area contributed by atoms with E-state index in [1.165, 1.54) is 19.2 Å². The molecule has 4 nitrogen and oxygen atoms in total. The largest absolute Gasteiger partial charge is 0.393 e. The topological polar surface area (TPSA) is 63.8 Å². The first-order valence-electron chi connectivity index (χ1n) is 6.00. The van der Waals surface area contributed by atoms with Gasteiger partial charge in [0.15, 0.2) is 11.0 Å². The maximum absolute atomic E-state index is 5.86. The van der Waals surface area contributed by atoms with Crippen molar-refractivity contribution in [1.29, 1.82) is 0 Å².